The monoisotopic (exact) mass is 339 g/mol. The molecule has 0 bridgehead atoms. The molecule has 0 atom stereocenters. The Balaban J connectivity index is 1.83. The average Bonchev–Trinajstić information content (AvgIpc) is 2.86. The summed E-state index contributed by atoms with van der Waals surface area (Å²) in [6.45, 7) is 3.45. The van der Waals surface area contributed by atoms with Crippen LogP contribution in [0.2, 0.25) is 0 Å². The number of carbonyl (C=O) groups excluding carboxylic acids is 1. The molecule has 0 unspecified atom stereocenters. The van der Waals surface area contributed by atoms with Crippen LogP contribution >= 0.6 is 0 Å². The molecule has 25 heavy (non-hydrogen) atoms. The Hall–Kier alpha value is -3.42. The number of rotatable bonds is 4. The van der Waals surface area contributed by atoms with E-state index in [0.29, 0.717) is 11.4 Å². The Kier molecular flexibility index (Phi) is 4.34. The molecule has 2 aromatic heterocycles. The van der Waals surface area contributed by atoms with E-state index in [4.69, 9.17) is 0 Å². The third-order valence-electron chi connectivity index (χ3n) is 3.77. The number of nitrogens with zero attached hydrogens (tertiary/aromatic N) is 3. The molecule has 0 radical (unpaired) electrons. The van der Waals surface area contributed by atoms with Crippen LogP contribution in [0, 0.1) is 13.8 Å². The lowest BCUT2D eigenvalue weighted by molar-refractivity contribution is -0.116. The van der Waals surface area contributed by atoms with Crippen molar-refractivity contribution >= 4 is 11.6 Å². The number of hydrogen-bond acceptors (Lipinski definition) is 4. The van der Waals surface area contributed by atoms with Gasteiger partial charge in [0.05, 0.1) is 22.8 Å². The first kappa shape index (κ1) is 16.4. The number of aromatic amines is 1. The third kappa shape index (κ3) is 3.42. The highest BCUT2D eigenvalue weighted by Gasteiger charge is 2.15. The average molecular weight is 339 g/mol. The summed E-state index contributed by atoms with van der Waals surface area (Å²) in [5.74, 6) is -0.382. The van der Waals surface area contributed by atoms with Gasteiger partial charge >= 0.3 is 5.69 Å². The van der Waals surface area contributed by atoms with Crippen LogP contribution in [0.15, 0.2) is 52.2 Å². The molecule has 1 amide bonds. The van der Waals surface area contributed by atoms with E-state index in [2.05, 4.69) is 15.4 Å². The van der Waals surface area contributed by atoms with Crippen LogP contribution in [0.1, 0.15) is 11.4 Å². The van der Waals surface area contributed by atoms with Crippen molar-refractivity contribution in [2.45, 2.75) is 20.4 Å². The Morgan fingerprint density at radius 3 is 2.56 bits per heavy atom. The van der Waals surface area contributed by atoms with Crippen LogP contribution in [0.5, 0.6) is 0 Å². The number of para-hydroxylation sites is 1. The fraction of sp³-hybridized carbons (Fsp3) is 0.176. The normalized spacial score (nSPS) is 10.6. The highest BCUT2D eigenvalue weighted by molar-refractivity contribution is 5.91. The Morgan fingerprint density at radius 2 is 1.88 bits per heavy atom. The number of benzene rings is 1. The van der Waals surface area contributed by atoms with E-state index in [0.717, 1.165) is 15.9 Å². The molecule has 2 N–H and O–H groups in total. The zero-order chi connectivity index (χ0) is 18.0. The first-order valence-corrected chi connectivity index (χ1v) is 7.67. The van der Waals surface area contributed by atoms with Crippen LogP contribution in [-0.2, 0) is 11.3 Å². The Labute approximate surface area is 142 Å². The molecule has 0 aliphatic heterocycles. The zero-order valence-electron chi connectivity index (χ0n) is 13.8. The van der Waals surface area contributed by atoms with Crippen LogP contribution in [0.25, 0.3) is 5.69 Å². The van der Waals surface area contributed by atoms with Gasteiger partial charge in [-0.3, -0.25) is 19.1 Å². The lowest BCUT2D eigenvalue weighted by Crippen LogP contribution is -2.32. The molecule has 2 heterocycles. The summed E-state index contributed by atoms with van der Waals surface area (Å²) in [6.07, 6.45) is 1.29. The van der Waals surface area contributed by atoms with Gasteiger partial charge in [-0.05, 0) is 26.0 Å². The number of anilines is 1. The summed E-state index contributed by atoms with van der Waals surface area (Å²) in [5.41, 5.74) is 1.81. The maximum atomic E-state index is 12.3. The second-order valence-electron chi connectivity index (χ2n) is 5.58. The van der Waals surface area contributed by atoms with Crippen molar-refractivity contribution in [1.29, 1.82) is 0 Å². The maximum absolute atomic E-state index is 12.3. The van der Waals surface area contributed by atoms with Gasteiger partial charge in [0.2, 0.25) is 5.91 Å². The maximum Gasteiger partial charge on any atom is 0.328 e. The fourth-order valence-corrected chi connectivity index (χ4v) is 2.55. The van der Waals surface area contributed by atoms with E-state index < -0.39 is 11.2 Å². The molecule has 8 nitrogen and oxygen atoms in total. The van der Waals surface area contributed by atoms with Crippen molar-refractivity contribution in [3.05, 3.63) is 74.8 Å². The number of H-pyrrole nitrogens is 1. The van der Waals surface area contributed by atoms with E-state index in [1.54, 1.807) is 11.6 Å². The van der Waals surface area contributed by atoms with Crippen molar-refractivity contribution in [2.75, 3.05) is 5.32 Å². The van der Waals surface area contributed by atoms with E-state index in [9.17, 15) is 14.4 Å². The quantitative estimate of drug-likeness (QED) is 0.739. The standard InChI is InChI=1S/C17H17N5O3/c1-11-16(12(2)22(20-11)13-6-4-3-5-7-13)18-15(24)10-21-9-8-14(23)19-17(21)25/h3-9H,10H2,1-2H3,(H,18,24)(H,19,23,25). The fourth-order valence-electron chi connectivity index (χ4n) is 2.55. The van der Waals surface area contributed by atoms with Gasteiger partial charge in [0.25, 0.3) is 5.56 Å². The van der Waals surface area contributed by atoms with Crippen molar-refractivity contribution < 1.29 is 4.79 Å². The number of hydrogen-bond donors (Lipinski definition) is 2. The lowest BCUT2D eigenvalue weighted by atomic mass is 10.3. The molecule has 0 fully saturated rings. The minimum absolute atomic E-state index is 0.203. The van der Waals surface area contributed by atoms with E-state index >= 15 is 0 Å². The van der Waals surface area contributed by atoms with Crippen LogP contribution in [-0.4, -0.2) is 25.2 Å². The van der Waals surface area contributed by atoms with Gasteiger partial charge in [-0.2, -0.15) is 5.10 Å². The van der Waals surface area contributed by atoms with Crippen molar-refractivity contribution in [2.24, 2.45) is 0 Å². The number of carbonyl (C=O) groups is 1. The Bertz CT molecular complexity index is 1030. The van der Waals surface area contributed by atoms with Crippen molar-refractivity contribution in [3.63, 3.8) is 0 Å². The molecule has 1 aromatic carbocycles. The number of aromatic nitrogens is 4. The molecular weight excluding hydrogens is 322 g/mol. The van der Waals surface area contributed by atoms with Gasteiger partial charge in [0, 0.05) is 12.3 Å². The SMILES string of the molecule is Cc1nn(-c2ccccc2)c(C)c1NC(=O)Cn1ccc(=O)[nH]c1=O. The summed E-state index contributed by atoms with van der Waals surface area (Å²) >= 11 is 0. The summed E-state index contributed by atoms with van der Waals surface area (Å²) in [4.78, 5) is 37.1. The molecule has 0 spiro atoms. The molecule has 3 rings (SSSR count). The number of nitrogens with one attached hydrogen (secondary N) is 2. The largest absolute Gasteiger partial charge is 0.328 e. The topological polar surface area (TPSA) is 102 Å². The predicted octanol–water partition coefficient (Wildman–Crippen LogP) is 0.978. The van der Waals surface area contributed by atoms with Crippen LogP contribution < -0.4 is 16.6 Å². The highest BCUT2D eigenvalue weighted by atomic mass is 16.2. The van der Waals surface area contributed by atoms with Gasteiger partial charge in [0.15, 0.2) is 0 Å². The Morgan fingerprint density at radius 1 is 1.16 bits per heavy atom. The molecule has 0 saturated heterocycles. The minimum Gasteiger partial charge on any atom is -0.321 e. The van der Waals surface area contributed by atoms with Crippen molar-refractivity contribution in [1.82, 2.24) is 19.3 Å². The van der Waals surface area contributed by atoms with E-state index in [1.807, 2.05) is 37.3 Å². The second kappa shape index (κ2) is 6.60. The molecule has 128 valence electrons. The van der Waals surface area contributed by atoms with E-state index in [1.165, 1.54) is 12.3 Å². The van der Waals surface area contributed by atoms with Gasteiger partial charge in [0.1, 0.15) is 6.54 Å². The van der Waals surface area contributed by atoms with Crippen LogP contribution in [0.3, 0.4) is 0 Å². The van der Waals surface area contributed by atoms with Crippen LogP contribution in [0.4, 0.5) is 5.69 Å². The number of amides is 1. The second-order valence-corrected chi connectivity index (χ2v) is 5.58. The van der Waals surface area contributed by atoms with Gasteiger partial charge in [-0.15, -0.1) is 0 Å². The van der Waals surface area contributed by atoms with Gasteiger partial charge in [-0.1, -0.05) is 18.2 Å². The summed E-state index contributed by atoms with van der Waals surface area (Å²) < 4.78 is 2.88. The minimum atomic E-state index is -0.629. The molecule has 3 aromatic rings. The molecule has 0 saturated carbocycles. The number of aryl methyl sites for hydroxylation is 1. The molecule has 0 aliphatic rings. The molecule has 0 aliphatic carbocycles. The lowest BCUT2D eigenvalue weighted by Gasteiger charge is -2.08. The third-order valence-corrected chi connectivity index (χ3v) is 3.77. The first-order chi connectivity index (χ1) is 12.0. The zero-order valence-corrected chi connectivity index (χ0v) is 13.8. The summed E-state index contributed by atoms with van der Waals surface area (Å²) in [5, 5.41) is 7.24. The summed E-state index contributed by atoms with van der Waals surface area (Å²) in [7, 11) is 0. The van der Waals surface area contributed by atoms with E-state index in [-0.39, 0.29) is 12.5 Å². The smallest absolute Gasteiger partial charge is 0.321 e. The van der Waals surface area contributed by atoms with Gasteiger partial charge in [-0.25, -0.2) is 9.48 Å². The summed E-state index contributed by atoms with van der Waals surface area (Å²) in [6, 6.07) is 10.8. The molecular formula is C17H17N5O3. The van der Waals surface area contributed by atoms with Gasteiger partial charge < -0.3 is 5.32 Å². The predicted molar refractivity (Wildman–Crippen MR) is 93.0 cm³/mol. The van der Waals surface area contributed by atoms with Crippen molar-refractivity contribution in [3.8, 4) is 5.69 Å². The molecule has 8 heteroatoms. The highest BCUT2D eigenvalue weighted by Crippen LogP contribution is 2.22. The first-order valence-electron chi connectivity index (χ1n) is 7.67.